The minimum atomic E-state index is 0.778. The summed E-state index contributed by atoms with van der Waals surface area (Å²) in [6.07, 6.45) is 7.47. The molecule has 0 aromatic carbocycles. The summed E-state index contributed by atoms with van der Waals surface area (Å²) in [7, 11) is 0. The highest BCUT2D eigenvalue weighted by Gasteiger charge is 2.18. The van der Waals surface area contributed by atoms with Gasteiger partial charge in [-0.1, -0.05) is 6.92 Å². The molecule has 100 valence electrons. The van der Waals surface area contributed by atoms with E-state index in [1.807, 2.05) is 12.4 Å². The molecular weight excluding hydrogens is 339 g/mol. The third-order valence-corrected chi connectivity index (χ3v) is 3.88. The van der Waals surface area contributed by atoms with Gasteiger partial charge in [-0.05, 0) is 60.9 Å². The Morgan fingerprint density at radius 2 is 2.00 bits per heavy atom. The maximum atomic E-state index is 4.45. The van der Waals surface area contributed by atoms with Crippen molar-refractivity contribution in [2.45, 2.75) is 26.2 Å². The zero-order valence-corrected chi connectivity index (χ0v) is 13.1. The molecule has 1 aromatic heterocycles. The van der Waals surface area contributed by atoms with Gasteiger partial charge in [0.25, 0.3) is 0 Å². The van der Waals surface area contributed by atoms with Gasteiger partial charge in [-0.3, -0.25) is 0 Å². The molecule has 2 rings (SSSR count). The number of hydrogen-bond acceptors (Lipinski definition) is 4. The SMILES string of the molecule is CCCN(CC1CCNCC1)c1ncc(I)cn1. The van der Waals surface area contributed by atoms with E-state index >= 15 is 0 Å². The first-order valence-corrected chi connectivity index (χ1v) is 7.80. The van der Waals surface area contributed by atoms with Crippen molar-refractivity contribution in [3.63, 3.8) is 0 Å². The van der Waals surface area contributed by atoms with Gasteiger partial charge in [0.1, 0.15) is 0 Å². The second-order valence-electron chi connectivity index (χ2n) is 4.84. The molecule has 1 fully saturated rings. The van der Waals surface area contributed by atoms with Crippen molar-refractivity contribution in [1.29, 1.82) is 0 Å². The first kappa shape index (κ1) is 14.0. The van der Waals surface area contributed by atoms with Gasteiger partial charge < -0.3 is 10.2 Å². The Morgan fingerprint density at radius 1 is 1.33 bits per heavy atom. The molecule has 18 heavy (non-hydrogen) atoms. The number of piperidine rings is 1. The van der Waals surface area contributed by atoms with Crippen LogP contribution < -0.4 is 10.2 Å². The minimum Gasteiger partial charge on any atom is -0.341 e. The summed E-state index contributed by atoms with van der Waals surface area (Å²) in [5, 5.41) is 3.42. The van der Waals surface area contributed by atoms with Crippen LogP contribution in [-0.2, 0) is 0 Å². The van der Waals surface area contributed by atoms with E-state index in [4.69, 9.17) is 0 Å². The Hall–Kier alpha value is -0.430. The molecule has 0 saturated carbocycles. The molecule has 1 N–H and O–H groups in total. The second-order valence-corrected chi connectivity index (χ2v) is 6.09. The highest BCUT2D eigenvalue weighted by Crippen LogP contribution is 2.17. The summed E-state index contributed by atoms with van der Waals surface area (Å²) in [6.45, 7) is 6.65. The van der Waals surface area contributed by atoms with Gasteiger partial charge in [-0.2, -0.15) is 0 Å². The van der Waals surface area contributed by atoms with Gasteiger partial charge in [0.2, 0.25) is 5.95 Å². The number of rotatable bonds is 5. The molecular formula is C13H21IN4. The quantitative estimate of drug-likeness (QED) is 0.819. The van der Waals surface area contributed by atoms with E-state index in [-0.39, 0.29) is 0 Å². The lowest BCUT2D eigenvalue weighted by molar-refractivity contribution is 0.372. The molecule has 0 amide bonds. The highest BCUT2D eigenvalue weighted by molar-refractivity contribution is 14.1. The molecule has 0 atom stereocenters. The molecule has 0 radical (unpaired) electrons. The molecule has 1 aliphatic rings. The average molecular weight is 360 g/mol. The highest BCUT2D eigenvalue weighted by atomic mass is 127. The van der Waals surface area contributed by atoms with Crippen LogP contribution in [-0.4, -0.2) is 36.1 Å². The fourth-order valence-electron chi connectivity index (χ4n) is 2.39. The Balaban J connectivity index is 2.00. The van der Waals surface area contributed by atoms with E-state index in [1.165, 1.54) is 12.8 Å². The van der Waals surface area contributed by atoms with E-state index in [9.17, 15) is 0 Å². The predicted molar refractivity (Wildman–Crippen MR) is 82.8 cm³/mol. The smallest absolute Gasteiger partial charge is 0.225 e. The average Bonchev–Trinajstić information content (AvgIpc) is 2.40. The van der Waals surface area contributed by atoms with E-state index in [2.05, 4.69) is 49.7 Å². The minimum absolute atomic E-state index is 0.778. The summed E-state index contributed by atoms with van der Waals surface area (Å²) in [5.41, 5.74) is 0. The van der Waals surface area contributed by atoms with Crippen molar-refractivity contribution in [2.24, 2.45) is 5.92 Å². The standard InChI is InChI=1S/C13H21IN4/c1-2-7-18(10-11-3-5-15-6-4-11)13-16-8-12(14)9-17-13/h8-9,11,15H,2-7,10H2,1H3. The van der Waals surface area contributed by atoms with Crippen LogP contribution in [0.15, 0.2) is 12.4 Å². The van der Waals surface area contributed by atoms with Crippen molar-refractivity contribution in [3.05, 3.63) is 16.0 Å². The number of nitrogens with zero attached hydrogens (tertiary/aromatic N) is 3. The van der Waals surface area contributed by atoms with E-state index in [0.29, 0.717) is 0 Å². The molecule has 1 saturated heterocycles. The summed E-state index contributed by atoms with van der Waals surface area (Å²) >= 11 is 2.24. The third-order valence-electron chi connectivity index (χ3n) is 3.32. The molecule has 0 aliphatic carbocycles. The van der Waals surface area contributed by atoms with Crippen LogP contribution in [0.4, 0.5) is 5.95 Å². The Bertz CT molecular complexity index is 349. The lowest BCUT2D eigenvalue weighted by Crippen LogP contribution is -2.37. The third kappa shape index (κ3) is 4.05. The van der Waals surface area contributed by atoms with Gasteiger partial charge in [-0.25, -0.2) is 9.97 Å². The zero-order valence-electron chi connectivity index (χ0n) is 10.9. The zero-order chi connectivity index (χ0) is 12.8. The molecule has 5 heteroatoms. The van der Waals surface area contributed by atoms with Crippen LogP contribution in [0.2, 0.25) is 0 Å². The predicted octanol–water partition coefficient (Wildman–Crippen LogP) is 2.30. The number of anilines is 1. The first-order valence-electron chi connectivity index (χ1n) is 6.72. The van der Waals surface area contributed by atoms with Crippen molar-refractivity contribution in [2.75, 3.05) is 31.1 Å². The van der Waals surface area contributed by atoms with E-state index < -0.39 is 0 Å². The largest absolute Gasteiger partial charge is 0.341 e. The van der Waals surface area contributed by atoms with Gasteiger partial charge >= 0.3 is 0 Å². The van der Waals surface area contributed by atoms with E-state index in [0.717, 1.165) is 48.0 Å². The lowest BCUT2D eigenvalue weighted by atomic mass is 9.97. The van der Waals surface area contributed by atoms with Crippen molar-refractivity contribution in [3.8, 4) is 0 Å². The van der Waals surface area contributed by atoms with Crippen LogP contribution >= 0.6 is 22.6 Å². The number of aromatic nitrogens is 2. The number of halogens is 1. The van der Waals surface area contributed by atoms with Crippen LogP contribution in [0.5, 0.6) is 0 Å². The second kappa shape index (κ2) is 7.23. The van der Waals surface area contributed by atoms with Crippen LogP contribution in [0.1, 0.15) is 26.2 Å². The van der Waals surface area contributed by atoms with Gasteiger partial charge in [0.15, 0.2) is 0 Å². The Morgan fingerprint density at radius 3 is 2.61 bits per heavy atom. The van der Waals surface area contributed by atoms with Gasteiger partial charge in [0, 0.05) is 29.1 Å². The molecule has 0 bridgehead atoms. The Labute approximate surface area is 123 Å². The maximum Gasteiger partial charge on any atom is 0.225 e. The number of hydrogen-bond donors (Lipinski definition) is 1. The number of nitrogens with one attached hydrogen (secondary N) is 1. The maximum absolute atomic E-state index is 4.45. The fraction of sp³-hybridized carbons (Fsp3) is 0.692. The van der Waals surface area contributed by atoms with Crippen LogP contribution in [0.25, 0.3) is 0 Å². The molecule has 0 spiro atoms. The van der Waals surface area contributed by atoms with Crippen molar-refractivity contribution < 1.29 is 0 Å². The normalized spacial score (nSPS) is 16.8. The Kier molecular flexibility index (Phi) is 5.62. The molecule has 4 nitrogen and oxygen atoms in total. The monoisotopic (exact) mass is 360 g/mol. The summed E-state index contributed by atoms with van der Waals surface area (Å²) < 4.78 is 1.09. The van der Waals surface area contributed by atoms with E-state index in [1.54, 1.807) is 0 Å². The van der Waals surface area contributed by atoms with Crippen LogP contribution in [0.3, 0.4) is 0 Å². The van der Waals surface area contributed by atoms with Crippen LogP contribution in [0, 0.1) is 9.49 Å². The van der Waals surface area contributed by atoms with Gasteiger partial charge in [0.05, 0.1) is 0 Å². The lowest BCUT2D eigenvalue weighted by Gasteiger charge is -2.30. The van der Waals surface area contributed by atoms with Crippen molar-refractivity contribution in [1.82, 2.24) is 15.3 Å². The summed E-state index contributed by atoms with van der Waals surface area (Å²) in [5.74, 6) is 1.66. The van der Waals surface area contributed by atoms with Gasteiger partial charge in [-0.15, -0.1) is 0 Å². The van der Waals surface area contributed by atoms with Crippen molar-refractivity contribution >= 4 is 28.5 Å². The molecule has 0 unspecified atom stereocenters. The molecule has 1 aromatic rings. The summed E-state index contributed by atoms with van der Waals surface area (Å²) in [4.78, 5) is 11.2. The fourth-order valence-corrected chi connectivity index (χ4v) is 2.67. The molecule has 2 heterocycles. The topological polar surface area (TPSA) is 41.0 Å². The first-order chi connectivity index (χ1) is 8.79. The molecule has 1 aliphatic heterocycles. The summed E-state index contributed by atoms with van der Waals surface area (Å²) in [6, 6.07) is 0.